The molecule has 348 valence electrons. The van der Waals surface area contributed by atoms with Gasteiger partial charge in [-0.1, -0.05) is 129 Å². The van der Waals surface area contributed by atoms with E-state index in [9.17, 15) is 0 Å². The molecule has 0 unspecified atom stereocenters. The molecule has 0 saturated carbocycles. The molecule has 4 nitrogen and oxygen atoms in total. The third kappa shape index (κ3) is 6.84. The molecule has 2 aliphatic heterocycles. The number of thiophene rings is 1. The minimum atomic E-state index is -0.165. The molecule has 2 aliphatic rings. The largest absolute Gasteiger partial charge is 0.464 e. The predicted molar refractivity (Wildman–Crippen MR) is 301 cm³/mol. The maximum atomic E-state index is 6.65. The molecule has 12 rings (SSSR count). The molecule has 0 saturated heterocycles. The number of aryl methyl sites for hydroxylation is 4. The Hall–Kier alpha value is -6.76. The fourth-order valence-electron chi connectivity index (χ4n) is 11.5. The number of fused-ring (bicyclic) bond motifs is 8. The van der Waals surface area contributed by atoms with E-state index in [1.165, 1.54) is 104 Å². The van der Waals surface area contributed by atoms with Gasteiger partial charge in [-0.3, -0.25) is 0 Å². The van der Waals surface area contributed by atoms with Crippen molar-refractivity contribution in [1.82, 2.24) is 0 Å². The first-order valence-electron chi connectivity index (χ1n) is 24.9. The molecule has 70 heavy (non-hydrogen) atoms. The Morgan fingerprint density at radius 3 is 1.76 bits per heavy atom. The van der Waals surface area contributed by atoms with Gasteiger partial charge in [0.15, 0.2) is 0 Å². The van der Waals surface area contributed by atoms with Gasteiger partial charge in [0, 0.05) is 53.8 Å². The van der Waals surface area contributed by atoms with E-state index in [4.69, 9.17) is 8.83 Å². The van der Waals surface area contributed by atoms with E-state index in [1.807, 2.05) is 23.7 Å². The first-order chi connectivity index (χ1) is 33.2. The molecule has 0 spiro atoms. The Bertz CT molecular complexity index is 3720. The van der Waals surface area contributed by atoms with Crippen LogP contribution in [0.5, 0.6) is 0 Å². The lowest BCUT2D eigenvalue weighted by Gasteiger charge is -2.45. The molecular formula is C64H61BN2O2S. The minimum Gasteiger partial charge on any atom is -0.464 e. The van der Waals surface area contributed by atoms with Crippen LogP contribution in [-0.4, -0.2) is 6.71 Å². The maximum Gasteiger partial charge on any atom is 0.264 e. The minimum absolute atomic E-state index is 0.000355. The Labute approximate surface area is 417 Å². The molecule has 10 aromatic rings. The van der Waals surface area contributed by atoms with E-state index < -0.39 is 0 Å². The van der Waals surface area contributed by atoms with Crippen LogP contribution in [-0.2, 0) is 16.2 Å². The van der Waals surface area contributed by atoms with E-state index in [0.717, 1.165) is 38.8 Å². The maximum absolute atomic E-state index is 6.65. The van der Waals surface area contributed by atoms with Crippen LogP contribution in [0.25, 0.3) is 54.5 Å². The molecule has 7 aromatic carbocycles. The Kier molecular flexibility index (Phi) is 9.76. The van der Waals surface area contributed by atoms with E-state index >= 15 is 0 Å². The summed E-state index contributed by atoms with van der Waals surface area (Å²) in [5.74, 6) is 0.875. The summed E-state index contributed by atoms with van der Waals surface area (Å²) in [5.41, 5.74) is 24.0. The summed E-state index contributed by atoms with van der Waals surface area (Å²) < 4.78 is 15.5. The smallest absolute Gasteiger partial charge is 0.264 e. The summed E-state index contributed by atoms with van der Waals surface area (Å²) in [6.07, 6.45) is 1.93. The lowest BCUT2D eigenvalue weighted by molar-refractivity contribution is 0.589. The van der Waals surface area contributed by atoms with Gasteiger partial charge in [-0.25, -0.2) is 0 Å². The molecule has 0 amide bonds. The molecule has 0 fully saturated rings. The molecule has 0 aliphatic carbocycles. The standard InChI is InChI=1S/C64H61BN2O2S/c1-36-26-42(48-35-68-54-21-17-15-19-46(48)54)27-37(2)59(36)67-52-34-45(64(11,12)13)33-51-57(52)65(61-60(67)47-32-43(62(5,6)7)23-25-56(47)70-61)49-24-22-41(55-31-40-18-14-16-20-53(40)69-55)30-50(49)66(51)58-38(3)28-44(29-39(58)4)63(8,9)10/h14-35H,1-13H3. The number of furan rings is 2. The highest BCUT2D eigenvalue weighted by Crippen LogP contribution is 2.53. The molecule has 0 N–H and O–H groups in total. The number of nitrogens with zero attached hydrogens (tertiary/aromatic N) is 2. The van der Waals surface area contributed by atoms with Crippen molar-refractivity contribution in [2.45, 2.75) is 106 Å². The van der Waals surface area contributed by atoms with Crippen LogP contribution in [0.2, 0.25) is 0 Å². The Morgan fingerprint density at radius 1 is 0.486 bits per heavy atom. The first kappa shape index (κ1) is 44.5. The van der Waals surface area contributed by atoms with Gasteiger partial charge in [-0.05, 0) is 160 Å². The van der Waals surface area contributed by atoms with Crippen molar-refractivity contribution < 1.29 is 8.83 Å². The number of benzene rings is 7. The van der Waals surface area contributed by atoms with Crippen molar-refractivity contribution in [2.75, 3.05) is 9.80 Å². The summed E-state index contributed by atoms with van der Waals surface area (Å²) in [4.78, 5) is 5.31. The lowest BCUT2D eigenvalue weighted by Crippen LogP contribution is -2.60. The topological polar surface area (TPSA) is 32.8 Å². The average Bonchev–Trinajstić information content (AvgIpc) is 4.04. The fourth-order valence-corrected chi connectivity index (χ4v) is 12.8. The summed E-state index contributed by atoms with van der Waals surface area (Å²) in [6, 6.07) is 48.0. The predicted octanol–water partition coefficient (Wildman–Crippen LogP) is 16.9. The highest BCUT2D eigenvalue weighted by Gasteiger charge is 2.47. The second-order valence-corrected chi connectivity index (χ2v) is 24.4. The van der Waals surface area contributed by atoms with Gasteiger partial charge in [0.25, 0.3) is 6.71 Å². The highest BCUT2D eigenvalue weighted by molar-refractivity contribution is 7.33. The third-order valence-electron chi connectivity index (χ3n) is 15.2. The molecule has 0 radical (unpaired) electrons. The van der Waals surface area contributed by atoms with Crippen LogP contribution >= 0.6 is 11.3 Å². The van der Waals surface area contributed by atoms with Crippen molar-refractivity contribution in [1.29, 1.82) is 0 Å². The second kappa shape index (κ2) is 15.4. The van der Waals surface area contributed by atoms with Gasteiger partial charge in [-0.15, -0.1) is 11.3 Å². The van der Waals surface area contributed by atoms with Crippen molar-refractivity contribution in [3.63, 3.8) is 0 Å². The number of anilines is 6. The number of para-hydroxylation sites is 2. The quantitative estimate of drug-likeness (QED) is 0.165. The van der Waals surface area contributed by atoms with Crippen molar-refractivity contribution in [3.8, 4) is 22.5 Å². The summed E-state index contributed by atoms with van der Waals surface area (Å²) >= 11 is 1.96. The fraction of sp³-hybridized carbons (Fsp3) is 0.250. The zero-order valence-electron chi connectivity index (χ0n) is 42.9. The van der Waals surface area contributed by atoms with Crippen molar-refractivity contribution >= 4 is 99.9 Å². The summed E-state index contributed by atoms with van der Waals surface area (Å²) in [6.45, 7) is 30.3. The van der Waals surface area contributed by atoms with Crippen LogP contribution in [0.15, 0.2) is 142 Å². The first-order valence-corrected chi connectivity index (χ1v) is 25.7. The van der Waals surface area contributed by atoms with Crippen LogP contribution in [0.3, 0.4) is 0 Å². The molecule has 6 heteroatoms. The van der Waals surface area contributed by atoms with E-state index in [2.05, 4.69) is 221 Å². The van der Waals surface area contributed by atoms with Gasteiger partial charge in [-0.2, -0.15) is 0 Å². The Balaban J connectivity index is 1.20. The monoisotopic (exact) mass is 932 g/mol. The van der Waals surface area contributed by atoms with Gasteiger partial charge in [0.05, 0.1) is 23.3 Å². The summed E-state index contributed by atoms with van der Waals surface area (Å²) in [7, 11) is 0. The average molecular weight is 933 g/mol. The van der Waals surface area contributed by atoms with Gasteiger partial charge >= 0.3 is 0 Å². The van der Waals surface area contributed by atoms with Crippen molar-refractivity contribution in [3.05, 3.63) is 173 Å². The zero-order valence-corrected chi connectivity index (χ0v) is 43.7. The zero-order chi connectivity index (χ0) is 48.9. The van der Waals surface area contributed by atoms with E-state index in [1.54, 1.807) is 0 Å². The van der Waals surface area contributed by atoms with Crippen LogP contribution in [0.4, 0.5) is 34.1 Å². The van der Waals surface area contributed by atoms with Gasteiger partial charge < -0.3 is 18.6 Å². The van der Waals surface area contributed by atoms with Crippen LogP contribution in [0.1, 0.15) is 101 Å². The van der Waals surface area contributed by atoms with Crippen LogP contribution < -0.4 is 25.5 Å². The SMILES string of the molecule is Cc1cc(C(C)(C)C)cc(C)c1N1c2cc(-c3cc4ccccc4o3)ccc2B2c3sc4ccc(C(C)(C)C)cc4c3N(c3c(C)cc(-c4coc5ccccc45)cc3C)c3cc(C(C)(C)C)cc1c32. The highest BCUT2D eigenvalue weighted by atomic mass is 32.1. The molecular weight excluding hydrogens is 872 g/mol. The molecule has 3 aromatic heterocycles. The van der Waals surface area contributed by atoms with Crippen LogP contribution in [0, 0.1) is 27.7 Å². The molecule has 0 atom stereocenters. The van der Waals surface area contributed by atoms with E-state index in [-0.39, 0.29) is 23.0 Å². The Morgan fingerprint density at radius 2 is 1.09 bits per heavy atom. The van der Waals surface area contributed by atoms with Gasteiger partial charge in [0.1, 0.15) is 16.9 Å². The van der Waals surface area contributed by atoms with Crippen molar-refractivity contribution in [2.24, 2.45) is 0 Å². The number of rotatable bonds is 4. The van der Waals surface area contributed by atoms with Gasteiger partial charge in [0.2, 0.25) is 0 Å². The molecule has 5 heterocycles. The number of hydrogen-bond donors (Lipinski definition) is 0. The van der Waals surface area contributed by atoms with E-state index in [0.29, 0.717) is 0 Å². The lowest BCUT2D eigenvalue weighted by atomic mass is 9.36. The molecule has 0 bridgehead atoms. The second-order valence-electron chi connectivity index (χ2n) is 23.3. The normalized spacial score (nSPS) is 13.7. The number of hydrogen-bond acceptors (Lipinski definition) is 5. The third-order valence-corrected chi connectivity index (χ3v) is 16.4. The summed E-state index contributed by atoms with van der Waals surface area (Å²) in [5, 5.41) is 3.54.